The maximum Gasteiger partial charge on any atom is 0.0364 e. The van der Waals surface area contributed by atoms with Crippen LogP contribution in [0.1, 0.15) is 25.0 Å². The van der Waals surface area contributed by atoms with Gasteiger partial charge >= 0.3 is 0 Å². The highest BCUT2D eigenvalue weighted by Crippen LogP contribution is 2.26. The molecule has 0 heterocycles. The molecule has 0 saturated carbocycles. The van der Waals surface area contributed by atoms with Gasteiger partial charge in [0, 0.05) is 31.2 Å². The number of rotatable bonds is 6. The molecule has 2 heteroatoms. The summed E-state index contributed by atoms with van der Waals surface area (Å²) in [6, 6.07) is 19.3. The Labute approximate surface area is 128 Å². The molecule has 0 spiro atoms. The maximum atomic E-state index is 6.08. The van der Waals surface area contributed by atoms with Crippen LogP contribution in [0.4, 0.5) is 5.69 Å². The molecule has 0 radical (unpaired) electrons. The summed E-state index contributed by atoms with van der Waals surface area (Å²) in [5.74, 6) is 0. The smallest absolute Gasteiger partial charge is 0.0364 e. The average molecular weight is 282 g/mol. The average Bonchev–Trinajstić information content (AvgIpc) is 2.55. The van der Waals surface area contributed by atoms with Crippen LogP contribution in [0.2, 0.25) is 0 Å². The zero-order valence-electron chi connectivity index (χ0n) is 13.3. The summed E-state index contributed by atoms with van der Waals surface area (Å²) in [6.45, 7) is 5.95. The molecule has 0 aliphatic heterocycles. The Bertz CT molecular complexity index is 548. The lowest BCUT2D eigenvalue weighted by Gasteiger charge is -2.34. The Morgan fingerprint density at radius 2 is 1.62 bits per heavy atom. The number of hydrogen-bond donors (Lipinski definition) is 1. The molecule has 0 amide bonds. The van der Waals surface area contributed by atoms with E-state index in [0.29, 0.717) is 6.54 Å². The van der Waals surface area contributed by atoms with Gasteiger partial charge < -0.3 is 10.6 Å². The van der Waals surface area contributed by atoms with E-state index >= 15 is 0 Å². The number of nitrogens with two attached hydrogens (primary N) is 1. The molecule has 1 unspecified atom stereocenters. The third kappa shape index (κ3) is 3.64. The third-order valence-corrected chi connectivity index (χ3v) is 4.29. The van der Waals surface area contributed by atoms with Gasteiger partial charge in [0.2, 0.25) is 0 Å². The second-order valence-electron chi connectivity index (χ2n) is 6.01. The second kappa shape index (κ2) is 6.77. The summed E-state index contributed by atoms with van der Waals surface area (Å²) in [4.78, 5) is 2.29. The van der Waals surface area contributed by atoms with Gasteiger partial charge in [-0.1, -0.05) is 56.3 Å². The van der Waals surface area contributed by atoms with Gasteiger partial charge in [0.15, 0.2) is 0 Å². The van der Waals surface area contributed by atoms with E-state index in [-0.39, 0.29) is 5.41 Å². The van der Waals surface area contributed by atoms with Gasteiger partial charge in [0.05, 0.1) is 0 Å². The summed E-state index contributed by atoms with van der Waals surface area (Å²) < 4.78 is 0. The van der Waals surface area contributed by atoms with Gasteiger partial charge in [-0.2, -0.15) is 0 Å². The number of benzene rings is 2. The van der Waals surface area contributed by atoms with Crippen molar-refractivity contribution < 1.29 is 0 Å². The van der Waals surface area contributed by atoms with E-state index in [2.05, 4.69) is 74.3 Å². The number of nitrogens with zero attached hydrogens (tertiary/aromatic N) is 1. The normalized spacial score (nSPS) is 13.7. The number of aryl methyl sites for hydroxylation is 1. The van der Waals surface area contributed by atoms with Crippen molar-refractivity contribution in [2.75, 3.05) is 25.0 Å². The van der Waals surface area contributed by atoms with E-state index in [0.717, 1.165) is 13.0 Å². The molecule has 2 rings (SSSR count). The zero-order valence-corrected chi connectivity index (χ0v) is 13.3. The molecule has 2 nitrogen and oxygen atoms in total. The highest BCUT2D eigenvalue weighted by molar-refractivity contribution is 5.48. The fraction of sp³-hybridized carbons (Fsp3) is 0.368. The first kappa shape index (κ1) is 15.6. The molecule has 2 aromatic rings. The first-order valence-corrected chi connectivity index (χ1v) is 7.65. The Morgan fingerprint density at radius 3 is 2.14 bits per heavy atom. The van der Waals surface area contributed by atoms with E-state index in [1.807, 2.05) is 6.07 Å². The largest absolute Gasteiger partial charge is 0.374 e. The molecule has 0 aliphatic rings. The van der Waals surface area contributed by atoms with Crippen LogP contribution in [-0.2, 0) is 11.8 Å². The standard InChI is InChI=1S/C19H26N2/c1-4-16-10-12-18(13-11-16)21(3)15-19(2,14-20)17-8-6-5-7-9-17/h5-13H,4,14-15,20H2,1-3H3. The number of anilines is 1. The van der Waals surface area contributed by atoms with Crippen LogP contribution < -0.4 is 10.6 Å². The van der Waals surface area contributed by atoms with Crippen LogP contribution in [-0.4, -0.2) is 20.1 Å². The molecule has 2 aromatic carbocycles. The minimum atomic E-state index is -0.0422. The lowest BCUT2D eigenvalue weighted by atomic mass is 9.82. The third-order valence-electron chi connectivity index (χ3n) is 4.29. The summed E-state index contributed by atoms with van der Waals surface area (Å²) in [5, 5.41) is 0. The monoisotopic (exact) mass is 282 g/mol. The van der Waals surface area contributed by atoms with E-state index in [1.165, 1.54) is 16.8 Å². The first-order chi connectivity index (χ1) is 10.1. The molecule has 0 fully saturated rings. The summed E-state index contributed by atoms with van der Waals surface area (Å²) in [7, 11) is 2.14. The van der Waals surface area contributed by atoms with Crippen molar-refractivity contribution in [3.8, 4) is 0 Å². The van der Waals surface area contributed by atoms with Gasteiger partial charge in [-0.25, -0.2) is 0 Å². The van der Waals surface area contributed by atoms with E-state index in [4.69, 9.17) is 5.73 Å². The molecule has 0 saturated heterocycles. The van der Waals surface area contributed by atoms with Crippen molar-refractivity contribution in [2.45, 2.75) is 25.7 Å². The fourth-order valence-corrected chi connectivity index (χ4v) is 2.72. The Hall–Kier alpha value is -1.80. The van der Waals surface area contributed by atoms with Crippen molar-refractivity contribution in [3.63, 3.8) is 0 Å². The van der Waals surface area contributed by atoms with Crippen molar-refractivity contribution in [2.24, 2.45) is 5.73 Å². The molecule has 0 aromatic heterocycles. The quantitative estimate of drug-likeness (QED) is 0.877. The van der Waals surface area contributed by atoms with Gasteiger partial charge in [-0.3, -0.25) is 0 Å². The van der Waals surface area contributed by atoms with Crippen LogP contribution in [0.3, 0.4) is 0 Å². The predicted octanol–water partition coefficient (Wildman–Crippen LogP) is 3.60. The van der Waals surface area contributed by atoms with E-state index in [9.17, 15) is 0 Å². The molecule has 0 aliphatic carbocycles. The Balaban J connectivity index is 2.17. The van der Waals surface area contributed by atoms with Crippen LogP contribution in [0.15, 0.2) is 54.6 Å². The van der Waals surface area contributed by atoms with E-state index in [1.54, 1.807) is 0 Å². The lowest BCUT2D eigenvalue weighted by molar-refractivity contribution is 0.485. The van der Waals surface area contributed by atoms with Gasteiger partial charge in [-0.15, -0.1) is 0 Å². The van der Waals surface area contributed by atoms with Crippen molar-refractivity contribution in [3.05, 3.63) is 65.7 Å². The van der Waals surface area contributed by atoms with Gasteiger partial charge in [0.25, 0.3) is 0 Å². The molecule has 1 atom stereocenters. The summed E-state index contributed by atoms with van der Waals surface area (Å²) >= 11 is 0. The highest BCUT2D eigenvalue weighted by atomic mass is 15.1. The van der Waals surface area contributed by atoms with Crippen molar-refractivity contribution in [1.82, 2.24) is 0 Å². The predicted molar refractivity (Wildman–Crippen MR) is 91.9 cm³/mol. The Kier molecular flexibility index (Phi) is 5.03. The maximum absolute atomic E-state index is 6.08. The molecular weight excluding hydrogens is 256 g/mol. The van der Waals surface area contributed by atoms with Gasteiger partial charge in [-0.05, 0) is 29.7 Å². The minimum Gasteiger partial charge on any atom is -0.374 e. The number of hydrogen-bond acceptors (Lipinski definition) is 2. The second-order valence-corrected chi connectivity index (χ2v) is 6.01. The highest BCUT2D eigenvalue weighted by Gasteiger charge is 2.26. The van der Waals surface area contributed by atoms with Crippen molar-refractivity contribution in [1.29, 1.82) is 0 Å². The van der Waals surface area contributed by atoms with Crippen LogP contribution in [0.25, 0.3) is 0 Å². The minimum absolute atomic E-state index is 0.0422. The van der Waals surface area contributed by atoms with Gasteiger partial charge in [0.1, 0.15) is 0 Å². The Morgan fingerprint density at radius 1 is 1.00 bits per heavy atom. The molecule has 0 bridgehead atoms. The van der Waals surface area contributed by atoms with Crippen LogP contribution in [0.5, 0.6) is 0 Å². The molecular formula is C19H26N2. The SMILES string of the molecule is CCc1ccc(N(C)CC(C)(CN)c2ccccc2)cc1. The van der Waals surface area contributed by atoms with E-state index < -0.39 is 0 Å². The summed E-state index contributed by atoms with van der Waals surface area (Å²) in [6.07, 6.45) is 1.08. The lowest BCUT2D eigenvalue weighted by Crippen LogP contribution is -2.42. The molecule has 2 N–H and O–H groups in total. The molecule has 21 heavy (non-hydrogen) atoms. The topological polar surface area (TPSA) is 29.3 Å². The first-order valence-electron chi connectivity index (χ1n) is 7.65. The van der Waals surface area contributed by atoms with Crippen LogP contribution >= 0.6 is 0 Å². The number of likely N-dealkylation sites (N-methyl/N-ethyl adjacent to an activating group) is 1. The van der Waals surface area contributed by atoms with Crippen molar-refractivity contribution >= 4 is 5.69 Å². The molecule has 112 valence electrons. The van der Waals surface area contributed by atoms with Crippen LogP contribution in [0, 0.1) is 0 Å². The summed E-state index contributed by atoms with van der Waals surface area (Å²) in [5.41, 5.74) is 9.95. The fourth-order valence-electron chi connectivity index (χ4n) is 2.72. The zero-order chi connectivity index (χ0) is 15.3.